The van der Waals surface area contributed by atoms with Crippen molar-refractivity contribution >= 4 is 38.3 Å². The van der Waals surface area contributed by atoms with Gasteiger partial charge in [-0.15, -0.1) is 11.3 Å². The van der Waals surface area contributed by atoms with Gasteiger partial charge in [0.25, 0.3) is 0 Å². The number of ether oxygens (including phenoxy) is 1. The van der Waals surface area contributed by atoms with Gasteiger partial charge in [0, 0.05) is 11.6 Å². The number of hydrogen-bond acceptors (Lipinski definition) is 7. The van der Waals surface area contributed by atoms with Gasteiger partial charge in [0.05, 0.1) is 22.6 Å². The maximum Gasteiger partial charge on any atom is 0.207 e. The van der Waals surface area contributed by atoms with Crippen LogP contribution in [0.25, 0.3) is 0 Å². The molecule has 2 heterocycles. The van der Waals surface area contributed by atoms with Gasteiger partial charge in [0.1, 0.15) is 11.6 Å². The normalized spacial score (nSPS) is 13.7. The minimum absolute atomic E-state index is 0.246. The first-order valence-electron chi connectivity index (χ1n) is 5.94. The van der Waals surface area contributed by atoms with Crippen LogP contribution in [0.5, 0.6) is 5.75 Å². The van der Waals surface area contributed by atoms with Gasteiger partial charge >= 0.3 is 0 Å². The van der Waals surface area contributed by atoms with Crippen molar-refractivity contribution in [1.82, 2.24) is 4.98 Å². The van der Waals surface area contributed by atoms with Crippen molar-refractivity contribution in [2.75, 3.05) is 12.1 Å². The Hall–Kier alpha value is -0.960. The van der Waals surface area contributed by atoms with E-state index in [0.717, 1.165) is 35.2 Å². The van der Waals surface area contributed by atoms with E-state index in [1.807, 2.05) is 5.38 Å². The van der Waals surface area contributed by atoms with Gasteiger partial charge in [0.15, 0.2) is 0 Å². The second kappa shape index (κ2) is 6.66. The summed E-state index contributed by atoms with van der Waals surface area (Å²) in [6.07, 6.45) is 3.48. The number of benzene rings is 1. The Kier molecular flexibility index (Phi) is 4.66. The highest BCUT2D eigenvalue weighted by atomic mass is 33.1. The van der Waals surface area contributed by atoms with Crippen molar-refractivity contribution < 1.29 is 13.4 Å². The van der Waals surface area contributed by atoms with E-state index in [9.17, 15) is 4.39 Å². The summed E-state index contributed by atoms with van der Waals surface area (Å²) in [4.78, 5) is 4.50. The molecule has 1 N–H and O–H groups in total. The average Bonchev–Trinajstić information content (AvgIpc) is 2.97. The van der Waals surface area contributed by atoms with Crippen molar-refractivity contribution in [3.8, 4) is 5.75 Å². The summed E-state index contributed by atoms with van der Waals surface area (Å²) in [5.41, 5.74) is 3.61. The highest BCUT2D eigenvalue weighted by molar-refractivity contribution is 8.74. The fraction of sp³-hybridized carbons (Fsp3) is 0.250. The molecule has 1 aromatic heterocycles. The third-order valence-corrected chi connectivity index (χ3v) is 5.01. The summed E-state index contributed by atoms with van der Waals surface area (Å²) in [7, 11) is 1.20. The van der Waals surface area contributed by atoms with Crippen molar-refractivity contribution in [3.05, 3.63) is 35.1 Å². The number of rotatable bonds is 5. The van der Waals surface area contributed by atoms with Crippen molar-refractivity contribution in [2.45, 2.75) is 17.7 Å². The zero-order valence-electron chi connectivity index (χ0n) is 10.3. The number of aromatic nitrogens is 1. The highest BCUT2D eigenvalue weighted by Gasteiger charge is 2.15. The van der Waals surface area contributed by atoms with Crippen LogP contribution in [0.3, 0.4) is 0 Å². The van der Waals surface area contributed by atoms with Crippen LogP contribution in [0.2, 0.25) is 0 Å². The summed E-state index contributed by atoms with van der Waals surface area (Å²) in [5, 5.41) is 2.50. The van der Waals surface area contributed by atoms with Crippen LogP contribution in [-0.4, -0.2) is 11.6 Å². The van der Waals surface area contributed by atoms with Crippen LogP contribution in [0.4, 0.5) is 9.52 Å². The molecule has 4 nitrogen and oxygen atoms in total. The number of fused-ring (bicyclic) bond motifs is 1. The zero-order valence-corrected chi connectivity index (χ0v) is 12.7. The molecule has 0 saturated carbocycles. The smallest absolute Gasteiger partial charge is 0.207 e. The van der Waals surface area contributed by atoms with Gasteiger partial charge < -0.3 is 4.74 Å². The molecule has 0 unspecified atom stereocenters. The summed E-state index contributed by atoms with van der Waals surface area (Å²) in [6, 6.07) is 3.28. The molecule has 8 heteroatoms. The summed E-state index contributed by atoms with van der Waals surface area (Å²) >= 11 is 2.47. The molecular weight excluding hydrogens is 319 g/mol. The third kappa shape index (κ3) is 3.38. The molecule has 1 aliphatic heterocycles. The van der Waals surface area contributed by atoms with Gasteiger partial charge in [-0.25, -0.2) is 14.9 Å². The topological polar surface area (TPSA) is 43.4 Å². The van der Waals surface area contributed by atoms with Gasteiger partial charge in [-0.1, -0.05) is 0 Å². The van der Waals surface area contributed by atoms with E-state index in [4.69, 9.17) is 9.02 Å². The van der Waals surface area contributed by atoms with E-state index in [2.05, 4.69) is 10.5 Å². The zero-order chi connectivity index (χ0) is 13.8. The first-order chi connectivity index (χ1) is 9.83. The molecule has 2 aromatic rings. The number of halogens is 1. The monoisotopic (exact) mass is 330 g/mol. The molecule has 0 bridgehead atoms. The lowest BCUT2D eigenvalue weighted by Gasteiger charge is -2.18. The number of nitrogens with one attached hydrogen (secondary N) is 1. The maximum absolute atomic E-state index is 13.9. The van der Waals surface area contributed by atoms with Gasteiger partial charge in [-0.2, -0.15) is 4.28 Å². The minimum Gasteiger partial charge on any atom is -0.493 e. The minimum atomic E-state index is -0.246. The fourth-order valence-electron chi connectivity index (χ4n) is 1.79. The van der Waals surface area contributed by atoms with Gasteiger partial charge in [-0.05, 0) is 41.3 Å². The molecule has 1 aliphatic rings. The van der Waals surface area contributed by atoms with E-state index in [-0.39, 0.29) is 5.82 Å². The Bertz CT molecular complexity index is 580. The molecule has 106 valence electrons. The third-order valence-electron chi connectivity index (χ3n) is 2.68. The van der Waals surface area contributed by atoms with Crippen molar-refractivity contribution in [1.29, 1.82) is 0 Å². The lowest BCUT2D eigenvalue weighted by atomic mass is 10.1. The SMILES string of the molecule is Fc1cc2c(cc1SSONc1nccs1)OCCC2. The Balaban J connectivity index is 1.57. The standard InChI is InChI=1S/C12H11FN2O2S3/c13-9-6-8-2-1-4-16-10(8)7-11(9)19-20-17-15-12-14-3-5-18-12/h3,5-7H,1-2,4H2,(H,14,15). The van der Waals surface area contributed by atoms with Crippen LogP contribution in [0.15, 0.2) is 28.6 Å². The number of hydrogen-bond donors (Lipinski definition) is 1. The molecule has 1 aromatic carbocycles. The maximum atomic E-state index is 13.9. The van der Waals surface area contributed by atoms with Gasteiger partial charge in [-0.3, -0.25) is 0 Å². The predicted octanol–water partition coefficient (Wildman–Crippen LogP) is 4.31. The van der Waals surface area contributed by atoms with Crippen LogP contribution in [-0.2, 0) is 10.7 Å². The Morgan fingerprint density at radius 2 is 2.40 bits per heavy atom. The summed E-state index contributed by atoms with van der Waals surface area (Å²) in [5.74, 6) is 0.526. The molecule has 0 saturated heterocycles. The van der Waals surface area contributed by atoms with Crippen LogP contribution < -0.4 is 10.2 Å². The van der Waals surface area contributed by atoms with Gasteiger partial charge in [0.2, 0.25) is 5.13 Å². The lowest BCUT2D eigenvalue weighted by molar-refractivity contribution is 0.286. The fourth-order valence-corrected chi connectivity index (χ4v) is 3.63. The lowest BCUT2D eigenvalue weighted by Crippen LogP contribution is -2.08. The van der Waals surface area contributed by atoms with E-state index >= 15 is 0 Å². The quantitative estimate of drug-likeness (QED) is 0.381. The molecule has 0 radical (unpaired) electrons. The van der Waals surface area contributed by atoms with Crippen molar-refractivity contribution in [3.63, 3.8) is 0 Å². The number of thiazole rings is 1. The van der Waals surface area contributed by atoms with Crippen molar-refractivity contribution in [2.24, 2.45) is 0 Å². The van der Waals surface area contributed by atoms with E-state index in [0.29, 0.717) is 16.6 Å². The molecule has 0 amide bonds. The highest BCUT2D eigenvalue weighted by Crippen LogP contribution is 2.38. The summed E-state index contributed by atoms with van der Waals surface area (Å²) < 4.78 is 24.6. The van der Waals surface area contributed by atoms with Crippen LogP contribution in [0.1, 0.15) is 12.0 Å². The average molecular weight is 330 g/mol. The molecular formula is C12H11FN2O2S3. The van der Waals surface area contributed by atoms with E-state index in [1.54, 1.807) is 18.3 Å². The van der Waals surface area contributed by atoms with E-state index < -0.39 is 0 Å². The second-order valence-corrected chi connectivity index (χ2v) is 6.73. The van der Waals surface area contributed by atoms with Crippen LogP contribution >= 0.6 is 33.2 Å². The Labute approximate surface area is 127 Å². The first kappa shape index (κ1) is 14.0. The predicted molar refractivity (Wildman–Crippen MR) is 80.5 cm³/mol. The number of anilines is 1. The molecule has 20 heavy (non-hydrogen) atoms. The molecule has 3 rings (SSSR count). The Morgan fingerprint density at radius 1 is 1.45 bits per heavy atom. The van der Waals surface area contributed by atoms with Crippen LogP contribution in [0, 0.1) is 5.82 Å². The largest absolute Gasteiger partial charge is 0.493 e. The van der Waals surface area contributed by atoms with E-state index in [1.165, 1.54) is 22.1 Å². The summed E-state index contributed by atoms with van der Waals surface area (Å²) in [6.45, 7) is 0.692. The first-order valence-corrected chi connectivity index (χ1v) is 8.89. The molecule has 0 fully saturated rings. The Morgan fingerprint density at radius 3 is 3.25 bits per heavy atom. The second-order valence-electron chi connectivity index (χ2n) is 4.02. The molecule has 0 atom stereocenters. The number of nitrogens with zero attached hydrogens (tertiary/aromatic N) is 1. The number of aryl methyl sites for hydroxylation is 1. The molecule has 0 aliphatic carbocycles. The molecule has 0 spiro atoms.